The van der Waals surface area contributed by atoms with Gasteiger partial charge >= 0.3 is 0 Å². The average Bonchev–Trinajstić information content (AvgIpc) is 2.31. The van der Waals surface area contributed by atoms with Crippen molar-refractivity contribution < 1.29 is 9.53 Å². The normalized spacial score (nSPS) is 10.4. The number of rotatable bonds is 7. The molecule has 1 amide bonds. The maximum Gasteiger partial charge on any atom is 0.224 e. The zero-order chi connectivity index (χ0) is 13.4. The fourth-order valence-electron chi connectivity index (χ4n) is 1.43. The van der Waals surface area contributed by atoms with E-state index in [-0.39, 0.29) is 5.91 Å². The number of likely N-dealkylation sites (N-methyl/N-ethyl adjacent to an activating group) is 1. The van der Waals surface area contributed by atoms with Crippen LogP contribution >= 0.6 is 0 Å². The zero-order valence-corrected chi connectivity index (χ0v) is 11.4. The predicted molar refractivity (Wildman–Crippen MR) is 74.0 cm³/mol. The second kappa shape index (κ2) is 7.71. The van der Waals surface area contributed by atoms with Crippen LogP contribution in [0.2, 0.25) is 0 Å². The molecular weight excluding hydrogens is 228 g/mol. The molecule has 4 nitrogen and oxygen atoms in total. The van der Waals surface area contributed by atoms with Crippen LogP contribution in [0.5, 0.6) is 5.75 Å². The van der Waals surface area contributed by atoms with E-state index in [1.807, 2.05) is 45.3 Å². The van der Waals surface area contributed by atoms with E-state index in [1.165, 1.54) is 0 Å². The molecular formula is C14H22N2O2. The summed E-state index contributed by atoms with van der Waals surface area (Å²) in [6.07, 6.45) is 1.42. The summed E-state index contributed by atoms with van der Waals surface area (Å²) in [6.45, 7) is 3.53. The lowest BCUT2D eigenvalue weighted by molar-refractivity contribution is -0.116. The van der Waals surface area contributed by atoms with Crippen molar-refractivity contribution in [2.75, 3.05) is 32.6 Å². The number of hydrogen-bond donors (Lipinski definition) is 1. The van der Waals surface area contributed by atoms with Crippen LogP contribution in [0, 0.1) is 0 Å². The topological polar surface area (TPSA) is 41.6 Å². The van der Waals surface area contributed by atoms with Gasteiger partial charge in [0.05, 0.1) is 0 Å². The quantitative estimate of drug-likeness (QED) is 0.807. The molecule has 18 heavy (non-hydrogen) atoms. The van der Waals surface area contributed by atoms with Crippen molar-refractivity contribution in [1.82, 2.24) is 4.90 Å². The Hall–Kier alpha value is -1.55. The molecule has 0 heterocycles. The molecule has 0 saturated heterocycles. The number of hydrogen-bond acceptors (Lipinski definition) is 3. The first-order valence-corrected chi connectivity index (χ1v) is 6.29. The first-order valence-electron chi connectivity index (χ1n) is 6.29. The summed E-state index contributed by atoms with van der Waals surface area (Å²) in [4.78, 5) is 13.5. The minimum atomic E-state index is 0.0544. The van der Waals surface area contributed by atoms with Gasteiger partial charge in [0.15, 0.2) is 0 Å². The van der Waals surface area contributed by atoms with Crippen molar-refractivity contribution in [3.05, 3.63) is 24.3 Å². The Morgan fingerprint density at radius 1 is 1.28 bits per heavy atom. The van der Waals surface area contributed by atoms with Crippen LogP contribution < -0.4 is 10.1 Å². The van der Waals surface area contributed by atoms with Gasteiger partial charge in [-0.15, -0.1) is 0 Å². The Bertz CT molecular complexity index is 361. The van der Waals surface area contributed by atoms with E-state index >= 15 is 0 Å². The Morgan fingerprint density at radius 2 is 1.94 bits per heavy atom. The number of anilines is 1. The van der Waals surface area contributed by atoms with Crippen molar-refractivity contribution >= 4 is 11.6 Å². The van der Waals surface area contributed by atoms with Gasteiger partial charge in [-0.25, -0.2) is 0 Å². The Kier molecular flexibility index (Phi) is 6.22. The van der Waals surface area contributed by atoms with Crippen molar-refractivity contribution in [3.8, 4) is 5.75 Å². The van der Waals surface area contributed by atoms with E-state index < -0.39 is 0 Å². The van der Waals surface area contributed by atoms with E-state index in [0.717, 1.165) is 24.4 Å². The highest BCUT2D eigenvalue weighted by molar-refractivity contribution is 5.90. The van der Waals surface area contributed by atoms with Gasteiger partial charge < -0.3 is 15.0 Å². The minimum Gasteiger partial charge on any atom is -0.492 e. The van der Waals surface area contributed by atoms with E-state index in [0.29, 0.717) is 13.0 Å². The SMILES string of the molecule is CCCC(=O)Nc1ccc(OCCN(C)C)cc1. The zero-order valence-electron chi connectivity index (χ0n) is 11.4. The molecule has 0 aliphatic heterocycles. The monoisotopic (exact) mass is 250 g/mol. The lowest BCUT2D eigenvalue weighted by Crippen LogP contribution is -2.19. The molecule has 0 aliphatic carbocycles. The summed E-state index contributed by atoms with van der Waals surface area (Å²) in [5.74, 6) is 0.879. The Balaban J connectivity index is 2.40. The van der Waals surface area contributed by atoms with Gasteiger partial charge in [0.25, 0.3) is 0 Å². The predicted octanol–water partition coefficient (Wildman–Crippen LogP) is 2.37. The molecule has 4 heteroatoms. The Labute approximate surface area is 109 Å². The lowest BCUT2D eigenvalue weighted by atomic mass is 10.2. The number of amides is 1. The summed E-state index contributed by atoms with van der Waals surface area (Å²) in [6, 6.07) is 7.46. The highest BCUT2D eigenvalue weighted by atomic mass is 16.5. The molecule has 0 fully saturated rings. The maximum absolute atomic E-state index is 11.4. The third-order valence-electron chi connectivity index (χ3n) is 2.42. The summed E-state index contributed by atoms with van der Waals surface area (Å²) < 4.78 is 5.57. The minimum absolute atomic E-state index is 0.0544. The van der Waals surface area contributed by atoms with Crippen molar-refractivity contribution in [2.45, 2.75) is 19.8 Å². The molecule has 0 bridgehead atoms. The fourth-order valence-corrected chi connectivity index (χ4v) is 1.43. The maximum atomic E-state index is 11.4. The summed E-state index contributed by atoms with van der Waals surface area (Å²) >= 11 is 0. The molecule has 1 N–H and O–H groups in total. The summed E-state index contributed by atoms with van der Waals surface area (Å²) in [7, 11) is 4.02. The molecule has 0 atom stereocenters. The van der Waals surface area contributed by atoms with Crippen molar-refractivity contribution in [3.63, 3.8) is 0 Å². The van der Waals surface area contributed by atoms with Crippen LogP contribution in [-0.2, 0) is 4.79 Å². The van der Waals surface area contributed by atoms with E-state index in [2.05, 4.69) is 10.2 Å². The second-order valence-electron chi connectivity index (χ2n) is 4.47. The van der Waals surface area contributed by atoms with E-state index in [1.54, 1.807) is 0 Å². The molecule has 0 spiro atoms. The van der Waals surface area contributed by atoms with Gasteiger partial charge in [0, 0.05) is 18.7 Å². The van der Waals surface area contributed by atoms with Gasteiger partial charge in [0.2, 0.25) is 5.91 Å². The molecule has 1 aromatic rings. The smallest absolute Gasteiger partial charge is 0.224 e. The number of nitrogens with zero attached hydrogens (tertiary/aromatic N) is 1. The summed E-state index contributed by atoms with van der Waals surface area (Å²) in [5.41, 5.74) is 0.813. The van der Waals surface area contributed by atoms with Gasteiger partial charge in [-0.3, -0.25) is 4.79 Å². The molecule has 0 unspecified atom stereocenters. The highest BCUT2D eigenvalue weighted by Gasteiger charge is 2.01. The number of benzene rings is 1. The average molecular weight is 250 g/mol. The molecule has 1 aromatic carbocycles. The van der Waals surface area contributed by atoms with Crippen LogP contribution in [-0.4, -0.2) is 38.1 Å². The Morgan fingerprint density at radius 3 is 2.50 bits per heavy atom. The third-order valence-corrected chi connectivity index (χ3v) is 2.42. The number of ether oxygens (including phenoxy) is 1. The van der Waals surface area contributed by atoms with Gasteiger partial charge in [-0.1, -0.05) is 6.92 Å². The second-order valence-corrected chi connectivity index (χ2v) is 4.47. The first-order chi connectivity index (χ1) is 8.61. The van der Waals surface area contributed by atoms with Crippen molar-refractivity contribution in [1.29, 1.82) is 0 Å². The van der Waals surface area contributed by atoms with Crippen molar-refractivity contribution in [2.24, 2.45) is 0 Å². The number of carbonyl (C=O) groups is 1. The van der Waals surface area contributed by atoms with Crippen LogP contribution in [0.4, 0.5) is 5.69 Å². The molecule has 0 aromatic heterocycles. The first kappa shape index (κ1) is 14.5. The third kappa shape index (κ3) is 5.68. The van der Waals surface area contributed by atoms with Crippen LogP contribution in [0.15, 0.2) is 24.3 Å². The molecule has 0 radical (unpaired) electrons. The number of carbonyl (C=O) groups excluding carboxylic acids is 1. The van der Waals surface area contributed by atoms with Gasteiger partial charge in [0.1, 0.15) is 12.4 Å². The fraction of sp³-hybridized carbons (Fsp3) is 0.500. The molecule has 0 saturated carbocycles. The van der Waals surface area contributed by atoms with E-state index in [4.69, 9.17) is 4.74 Å². The molecule has 1 rings (SSSR count). The van der Waals surface area contributed by atoms with Gasteiger partial charge in [-0.05, 0) is 44.8 Å². The van der Waals surface area contributed by atoms with E-state index in [9.17, 15) is 4.79 Å². The highest BCUT2D eigenvalue weighted by Crippen LogP contribution is 2.15. The molecule has 0 aliphatic rings. The summed E-state index contributed by atoms with van der Waals surface area (Å²) in [5, 5.41) is 2.84. The number of nitrogens with one attached hydrogen (secondary N) is 1. The van der Waals surface area contributed by atoms with Crippen LogP contribution in [0.1, 0.15) is 19.8 Å². The molecule has 100 valence electrons. The van der Waals surface area contributed by atoms with Gasteiger partial charge in [-0.2, -0.15) is 0 Å². The van der Waals surface area contributed by atoms with Crippen LogP contribution in [0.25, 0.3) is 0 Å². The lowest BCUT2D eigenvalue weighted by Gasteiger charge is -2.11. The van der Waals surface area contributed by atoms with Crippen LogP contribution in [0.3, 0.4) is 0 Å². The largest absolute Gasteiger partial charge is 0.492 e. The standard InChI is InChI=1S/C14H22N2O2/c1-4-5-14(17)15-12-6-8-13(9-7-12)18-11-10-16(2)3/h6-9H,4-5,10-11H2,1-3H3,(H,15,17).